The first-order valence-corrected chi connectivity index (χ1v) is 16.2. The molecule has 45 heavy (non-hydrogen) atoms. The van der Waals surface area contributed by atoms with Gasteiger partial charge in [0.05, 0.1) is 22.1 Å². The van der Waals surface area contributed by atoms with Crippen molar-refractivity contribution in [2.24, 2.45) is 0 Å². The van der Waals surface area contributed by atoms with Crippen LogP contribution in [0.15, 0.2) is 116 Å². The van der Waals surface area contributed by atoms with Gasteiger partial charge in [0.1, 0.15) is 21.2 Å². The van der Waals surface area contributed by atoms with Gasteiger partial charge in [-0.25, -0.2) is 9.13 Å². The summed E-state index contributed by atoms with van der Waals surface area (Å²) >= 11 is 8.01. The van der Waals surface area contributed by atoms with Gasteiger partial charge >= 0.3 is 12.0 Å². The summed E-state index contributed by atoms with van der Waals surface area (Å²) in [6.45, 7) is 3.93. The van der Waals surface area contributed by atoms with Crippen LogP contribution >= 0.6 is 43.2 Å². The van der Waals surface area contributed by atoms with Crippen LogP contribution in [0.25, 0.3) is 31.8 Å². The highest BCUT2D eigenvalue weighted by Gasteiger charge is 2.25. The van der Waals surface area contributed by atoms with Gasteiger partial charge in [-0.3, -0.25) is 9.59 Å². The molecule has 222 valence electrons. The molecule has 3 heterocycles. The number of halogens is 2. The van der Waals surface area contributed by atoms with Crippen molar-refractivity contribution < 1.29 is 9.47 Å². The number of rotatable bonds is 6. The Labute approximate surface area is 277 Å². The van der Waals surface area contributed by atoms with E-state index < -0.39 is 11.1 Å². The first-order chi connectivity index (χ1) is 21.7. The highest BCUT2D eigenvalue weighted by molar-refractivity contribution is 9.10. The van der Waals surface area contributed by atoms with Crippen molar-refractivity contribution in [3.8, 4) is 34.9 Å². The average Bonchev–Trinajstić information content (AvgIpc) is 3.40. The summed E-state index contributed by atoms with van der Waals surface area (Å²) in [5, 5.41) is 0.319. The Morgan fingerprint density at radius 1 is 0.556 bits per heavy atom. The largest absolute Gasteiger partial charge is 0.425 e. The Morgan fingerprint density at radius 2 is 0.911 bits per heavy atom. The van der Waals surface area contributed by atoms with Crippen LogP contribution in [0.2, 0.25) is 0 Å². The Bertz CT molecular complexity index is 2170. The minimum absolute atomic E-state index is 0.0652. The second-order valence-corrected chi connectivity index (χ2v) is 13.1. The molecule has 0 amide bonds. The van der Waals surface area contributed by atoms with Crippen molar-refractivity contribution in [3.05, 3.63) is 138 Å². The maximum absolute atomic E-state index is 14.4. The number of thiophene rings is 1. The maximum Gasteiger partial charge on any atom is 0.310 e. The van der Waals surface area contributed by atoms with Crippen LogP contribution in [0.5, 0.6) is 23.5 Å². The Balaban J connectivity index is 1.51. The lowest BCUT2D eigenvalue weighted by molar-refractivity contribution is 0.427. The number of hydrogen-bond donors (Lipinski definition) is 0. The summed E-state index contributed by atoms with van der Waals surface area (Å²) in [5.41, 5.74) is 2.26. The molecular formula is C34H22Br2N4O4S. The first kappa shape index (κ1) is 29.1. The van der Waals surface area contributed by atoms with E-state index in [1.807, 2.05) is 86.6 Å². The van der Waals surface area contributed by atoms with Gasteiger partial charge in [0.25, 0.3) is 11.1 Å². The number of aryl methyl sites for hydroxylation is 2. The molecule has 0 aliphatic heterocycles. The van der Waals surface area contributed by atoms with Gasteiger partial charge in [0, 0.05) is 8.95 Å². The molecule has 0 N–H and O–H groups in total. The maximum atomic E-state index is 14.4. The fraction of sp³-hybridized carbons (Fsp3) is 0.0588. The first-order valence-electron chi connectivity index (χ1n) is 13.8. The van der Waals surface area contributed by atoms with E-state index in [0.29, 0.717) is 32.5 Å². The number of nitrogens with zero attached hydrogens (tertiary/aromatic N) is 4. The van der Waals surface area contributed by atoms with Crippen molar-refractivity contribution in [2.75, 3.05) is 0 Å². The van der Waals surface area contributed by atoms with Gasteiger partial charge in [-0.2, -0.15) is 9.97 Å². The van der Waals surface area contributed by atoms with Crippen molar-refractivity contribution in [1.29, 1.82) is 0 Å². The van der Waals surface area contributed by atoms with Crippen LogP contribution in [-0.4, -0.2) is 19.1 Å². The Morgan fingerprint density at radius 3 is 1.27 bits per heavy atom. The smallest absolute Gasteiger partial charge is 0.310 e. The lowest BCUT2D eigenvalue weighted by atomic mass is 10.2. The quantitative estimate of drug-likeness (QED) is 0.169. The monoisotopic (exact) mass is 740 g/mol. The van der Waals surface area contributed by atoms with Gasteiger partial charge in [0.2, 0.25) is 0 Å². The molecule has 3 aromatic heterocycles. The zero-order valence-electron chi connectivity index (χ0n) is 23.8. The van der Waals surface area contributed by atoms with Crippen LogP contribution < -0.4 is 20.6 Å². The van der Waals surface area contributed by atoms with E-state index in [1.54, 1.807) is 24.3 Å². The summed E-state index contributed by atoms with van der Waals surface area (Å²) in [7, 11) is 0. The fourth-order valence-corrected chi connectivity index (χ4v) is 6.37. The lowest BCUT2D eigenvalue weighted by Gasteiger charge is -2.14. The number of benzene rings is 4. The zero-order chi connectivity index (χ0) is 31.2. The summed E-state index contributed by atoms with van der Waals surface area (Å²) < 4.78 is 16.9. The molecular weight excluding hydrogens is 720 g/mol. The van der Waals surface area contributed by atoms with E-state index in [9.17, 15) is 9.59 Å². The summed E-state index contributed by atoms with van der Waals surface area (Å²) in [6, 6.07) is 29.5. The minimum Gasteiger partial charge on any atom is -0.425 e. The average molecular weight is 742 g/mol. The molecule has 4 aromatic carbocycles. The molecule has 0 saturated carbocycles. The van der Waals surface area contributed by atoms with Crippen LogP contribution in [-0.2, 0) is 0 Å². The molecule has 0 spiro atoms. The predicted octanol–water partition coefficient (Wildman–Crippen LogP) is 8.87. The van der Waals surface area contributed by atoms with E-state index in [4.69, 9.17) is 19.4 Å². The van der Waals surface area contributed by atoms with Crippen LogP contribution in [0.4, 0.5) is 0 Å². The van der Waals surface area contributed by atoms with Crippen LogP contribution in [0.1, 0.15) is 11.1 Å². The molecule has 0 bridgehead atoms. The lowest BCUT2D eigenvalue weighted by Crippen LogP contribution is -2.24. The van der Waals surface area contributed by atoms with Crippen molar-refractivity contribution in [1.82, 2.24) is 19.1 Å². The molecule has 7 rings (SSSR count). The van der Waals surface area contributed by atoms with Crippen LogP contribution in [0, 0.1) is 13.8 Å². The normalized spacial score (nSPS) is 11.3. The number of hydrogen-bond acceptors (Lipinski definition) is 7. The highest BCUT2D eigenvalue weighted by atomic mass is 79.9. The van der Waals surface area contributed by atoms with Crippen molar-refractivity contribution >= 4 is 63.6 Å². The molecule has 7 aromatic rings. The molecule has 8 nitrogen and oxygen atoms in total. The third kappa shape index (κ3) is 5.58. The van der Waals surface area contributed by atoms with Gasteiger partial charge in [-0.1, -0.05) is 78.6 Å². The predicted molar refractivity (Wildman–Crippen MR) is 184 cm³/mol. The molecule has 0 aliphatic rings. The third-order valence-electron chi connectivity index (χ3n) is 7.11. The molecule has 0 fully saturated rings. The molecule has 11 heteroatoms. The second kappa shape index (κ2) is 11.7. The summed E-state index contributed by atoms with van der Waals surface area (Å²) in [6.07, 6.45) is 0. The Hall–Kier alpha value is -4.58. The van der Waals surface area contributed by atoms with E-state index in [2.05, 4.69) is 31.9 Å². The molecule has 0 atom stereocenters. The number of aromatic nitrogens is 4. The summed E-state index contributed by atoms with van der Waals surface area (Å²) in [5.74, 6) is 0.993. The van der Waals surface area contributed by atoms with Crippen molar-refractivity contribution in [3.63, 3.8) is 0 Å². The standard InChI is InChI=1S/C34H22Br2N4O4S/c1-19-3-11-23(12-4-19)39-31(41)27-28-30(45-29(27)37-33(39)43-25-15-7-21(35)8-16-25)38-34(44-26-17-9-22(36)10-18-26)40(32(28)42)24-13-5-20(2)6-14-24/h3-18H,1-2H3. The SMILES string of the molecule is Cc1ccc(-n2c(Oc3ccc(Br)cc3)nc3sc4nc(Oc5ccc(Br)cc5)n(-c5ccc(C)cc5)c(=O)c4c3c2=O)cc1. The van der Waals surface area contributed by atoms with Crippen molar-refractivity contribution in [2.45, 2.75) is 13.8 Å². The summed E-state index contributed by atoms with van der Waals surface area (Å²) in [4.78, 5) is 39.1. The van der Waals surface area contributed by atoms with Gasteiger partial charge in [-0.05, 0) is 86.6 Å². The van der Waals surface area contributed by atoms with Gasteiger partial charge < -0.3 is 9.47 Å². The zero-order valence-corrected chi connectivity index (χ0v) is 27.8. The fourth-order valence-electron chi connectivity index (χ4n) is 4.83. The van der Waals surface area contributed by atoms with E-state index >= 15 is 0 Å². The molecule has 0 radical (unpaired) electrons. The minimum atomic E-state index is -0.446. The molecule has 0 unspecified atom stereocenters. The number of ether oxygens (including phenoxy) is 2. The molecule has 0 aliphatic carbocycles. The highest BCUT2D eigenvalue weighted by Crippen LogP contribution is 2.34. The topological polar surface area (TPSA) is 88.2 Å². The van der Waals surface area contributed by atoms with Gasteiger partial charge in [-0.15, -0.1) is 0 Å². The van der Waals surface area contributed by atoms with Gasteiger partial charge in [0.15, 0.2) is 0 Å². The van der Waals surface area contributed by atoms with Crippen LogP contribution in [0.3, 0.4) is 0 Å². The Kier molecular flexibility index (Phi) is 7.60. The molecule has 0 saturated heterocycles. The number of fused-ring (bicyclic) bond motifs is 3. The second-order valence-electron chi connectivity index (χ2n) is 10.3. The van der Waals surface area contributed by atoms with E-state index in [-0.39, 0.29) is 22.8 Å². The van der Waals surface area contributed by atoms with E-state index in [0.717, 1.165) is 31.4 Å². The third-order valence-corrected chi connectivity index (χ3v) is 9.15. The van der Waals surface area contributed by atoms with E-state index in [1.165, 1.54) is 9.13 Å².